The first-order chi connectivity index (χ1) is 14.0. The Labute approximate surface area is 171 Å². The van der Waals surface area contributed by atoms with Crippen LogP contribution in [-0.2, 0) is 9.59 Å². The maximum Gasteiger partial charge on any atom is 0.573 e. The molecule has 0 spiro atoms. The molecule has 1 aliphatic heterocycles. The number of aliphatic hydroxyl groups is 1. The molecule has 1 aliphatic rings. The molecule has 1 saturated heterocycles. The SMILES string of the molecule is CC(C)c1ccc(C(O)=C2C(=O)C(=O)N(C)C2c2ccc(OC(F)(F)F)cc2)cc1. The van der Waals surface area contributed by atoms with Crippen LogP contribution in [0.25, 0.3) is 5.76 Å². The molecule has 158 valence electrons. The minimum absolute atomic E-state index is 0.121. The third-order valence-electron chi connectivity index (χ3n) is 4.96. The van der Waals surface area contributed by atoms with Crippen molar-refractivity contribution in [3.8, 4) is 5.75 Å². The van der Waals surface area contributed by atoms with Gasteiger partial charge in [0.25, 0.3) is 11.7 Å². The number of ether oxygens (including phenoxy) is 1. The van der Waals surface area contributed by atoms with Crippen LogP contribution in [0.4, 0.5) is 13.2 Å². The number of likely N-dealkylation sites (N-methyl/N-ethyl adjacent to an activating group) is 1. The first-order valence-corrected chi connectivity index (χ1v) is 9.20. The lowest BCUT2D eigenvalue weighted by Gasteiger charge is -2.21. The van der Waals surface area contributed by atoms with Crippen molar-refractivity contribution in [3.63, 3.8) is 0 Å². The van der Waals surface area contributed by atoms with Crippen molar-refractivity contribution in [2.45, 2.75) is 32.2 Å². The van der Waals surface area contributed by atoms with Gasteiger partial charge in [-0.3, -0.25) is 9.59 Å². The molecule has 2 aromatic rings. The Balaban J connectivity index is 2.02. The molecular formula is C22H20F3NO4. The molecule has 8 heteroatoms. The number of rotatable bonds is 4. The topological polar surface area (TPSA) is 66.8 Å². The van der Waals surface area contributed by atoms with Crippen LogP contribution in [0.5, 0.6) is 5.75 Å². The number of carbonyl (C=O) groups excluding carboxylic acids is 2. The number of aliphatic hydroxyl groups excluding tert-OH is 1. The van der Waals surface area contributed by atoms with Crippen LogP contribution in [0.3, 0.4) is 0 Å². The number of ketones is 1. The van der Waals surface area contributed by atoms with Gasteiger partial charge in [-0.15, -0.1) is 13.2 Å². The fourth-order valence-corrected chi connectivity index (χ4v) is 3.37. The highest BCUT2D eigenvalue weighted by Gasteiger charge is 2.44. The molecule has 0 aromatic heterocycles. The molecule has 0 radical (unpaired) electrons. The minimum atomic E-state index is -4.83. The lowest BCUT2D eigenvalue weighted by atomic mass is 9.94. The van der Waals surface area contributed by atoms with Crippen molar-refractivity contribution in [1.82, 2.24) is 4.90 Å². The van der Waals surface area contributed by atoms with Gasteiger partial charge in [-0.25, -0.2) is 0 Å². The third kappa shape index (κ3) is 4.17. The number of amides is 1. The fraction of sp³-hybridized carbons (Fsp3) is 0.273. The number of carbonyl (C=O) groups is 2. The second-order valence-corrected chi connectivity index (χ2v) is 7.30. The van der Waals surface area contributed by atoms with Gasteiger partial charge in [-0.05, 0) is 29.2 Å². The average molecular weight is 419 g/mol. The van der Waals surface area contributed by atoms with Crippen molar-refractivity contribution in [2.75, 3.05) is 7.05 Å². The molecule has 3 rings (SSSR count). The number of hydrogen-bond acceptors (Lipinski definition) is 4. The van der Waals surface area contributed by atoms with Gasteiger partial charge in [0.05, 0.1) is 11.6 Å². The number of benzene rings is 2. The summed E-state index contributed by atoms with van der Waals surface area (Å²) < 4.78 is 41.0. The predicted octanol–water partition coefficient (Wildman–Crippen LogP) is 4.76. The van der Waals surface area contributed by atoms with Gasteiger partial charge in [-0.2, -0.15) is 0 Å². The van der Waals surface area contributed by atoms with Gasteiger partial charge in [0.1, 0.15) is 11.5 Å². The van der Waals surface area contributed by atoms with Crippen molar-refractivity contribution in [3.05, 3.63) is 70.8 Å². The molecule has 1 amide bonds. The smallest absolute Gasteiger partial charge is 0.507 e. The number of alkyl halides is 3. The normalized spacial score (nSPS) is 18.9. The quantitative estimate of drug-likeness (QED) is 0.441. The van der Waals surface area contributed by atoms with Gasteiger partial charge in [0, 0.05) is 12.6 Å². The van der Waals surface area contributed by atoms with E-state index in [4.69, 9.17) is 0 Å². The van der Waals surface area contributed by atoms with Gasteiger partial charge in [-0.1, -0.05) is 50.2 Å². The highest BCUT2D eigenvalue weighted by atomic mass is 19.4. The predicted molar refractivity (Wildman–Crippen MR) is 104 cm³/mol. The second kappa shape index (κ2) is 7.85. The molecule has 1 atom stereocenters. The number of likely N-dealkylation sites (tertiary alicyclic amines) is 1. The maximum atomic E-state index is 12.6. The third-order valence-corrected chi connectivity index (χ3v) is 4.96. The monoisotopic (exact) mass is 419 g/mol. The number of nitrogens with zero attached hydrogens (tertiary/aromatic N) is 1. The molecule has 1 fully saturated rings. The number of Topliss-reactive ketones (excluding diaryl/α,β-unsaturated/α-hetero) is 1. The molecule has 0 aliphatic carbocycles. The minimum Gasteiger partial charge on any atom is -0.507 e. The van der Waals surface area contributed by atoms with E-state index in [9.17, 15) is 27.9 Å². The number of halogens is 3. The Morgan fingerprint density at radius 2 is 1.60 bits per heavy atom. The first-order valence-electron chi connectivity index (χ1n) is 9.20. The summed E-state index contributed by atoms with van der Waals surface area (Å²) in [6.45, 7) is 4.04. The molecule has 1 heterocycles. The summed E-state index contributed by atoms with van der Waals surface area (Å²) in [6.07, 6.45) is -4.83. The van der Waals surface area contributed by atoms with Crippen LogP contribution in [0, 0.1) is 0 Å². The molecule has 0 bridgehead atoms. The lowest BCUT2D eigenvalue weighted by Crippen LogP contribution is -2.24. The molecule has 1 N–H and O–H groups in total. The summed E-state index contributed by atoms with van der Waals surface area (Å²) in [6, 6.07) is 10.9. The number of hydrogen-bond donors (Lipinski definition) is 1. The second-order valence-electron chi connectivity index (χ2n) is 7.30. The van der Waals surface area contributed by atoms with Crippen molar-refractivity contribution < 1.29 is 32.6 Å². The maximum absolute atomic E-state index is 12.6. The summed E-state index contributed by atoms with van der Waals surface area (Å²) in [5, 5.41) is 10.8. The van der Waals surface area contributed by atoms with E-state index in [2.05, 4.69) is 4.74 Å². The standard InChI is InChI=1S/C22H20F3NO4/c1-12(2)13-4-6-15(7-5-13)19(27)17-18(26(3)21(29)20(17)28)14-8-10-16(11-9-14)30-22(23,24)25/h4-12,18,27H,1-3H3. The molecular weight excluding hydrogens is 399 g/mol. The van der Waals surface area contributed by atoms with Crippen LogP contribution in [0.2, 0.25) is 0 Å². The summed E-state index contributed by atoms with van der Waals surface area (Å²) in [4.78, 5) is 26.0. The Kier molecular flexibility index (Phi) is 5.61. The van der Waals surface area contributed by atoms with Gasteiger partial charge in [0.15, 0.2) is 0 Å². The Morgan fingerprint density at radius 1 is 1.03 bits per heavy atom. The van der Waals surface area contributed by atoms with Crippen LogP contribution < -0.4 is 4.74 Å². The van der Waals surface area contributed by atoms with Gasteiger partial charge >= 0.3 is 6.36 Å². The van der Waals surface area contributed by atoms with Crippen LogP contribution >= 0.6 is 0 Å². The zero-order valence-corrected chi connectivity index (χ0v) is 16.5. The van der Waals surface area contributed by atoms with Gasteiger partial charge in [0.2, 0.25) is 0 Å². The summed E-state index contributed by atoms with van der Waals surface area (Å²) in [7, 11) is 1.40. The summed E-state index contributed by atoms with van der Waals surface area (Å²) in [5.74, 6) is -2.16. The van der Waals surface area contributed by atoms with E-state index in [-0.39, 0.29) is 17.3 Å². The van der Waals surface area contributed by atoms with Gasteiger partial charge < -0.3 is 14.7 Å². The van der Waals surface area contributed by atoms with E-state index < -0.39 is 29.8 Å². The average Bonchev–Trinajstić information content (AvgIpc) is 2.91. The fourth-order valence-electron chi connectivity index (χ4n) is 3.37. The lowest BCUT2D eigenvalue weighted by molar-refractivity contribution is -0.274. The first kappa shape index (κ1) is 21.4. The summed E-state index contributed by atoms with van der Waals surface area (Å²) in [5.41, 5.74) is 1.66. The molecule has 2 aromatic carbocycles. The highest BCUT2D eigenvalue weighted by molar-refractivity contribution is 6.46. The van der Waals surface area contributed by atoms with E-state index in [0.717, 1.165) is 22.6 Å². The molecule has 1 unspecified atom stereocenters. The van der Waals surface area contributed by atoms with E-state index in [1.807, 2.05) is 26.0 Å². The van der Waals surface area contributed by atoms with Crippen molar-refractivity contribution >= 4 is 17.4 Å². The van der Waals surface area contributed by atoms with E-state index >= 15 is 0 Å². The Hall–Kier alpha value is -3.29. The molecule has 5 nitrogen and oxygen atoms in total. The summed E-state index contributed by atoms with van der Waals surface area (Å²) >= 11 is 0. The van der Waals surface area contributed by atoms with E-state index in [0.29, 0.717) is 11.1 Å². The van der Waals surface area contributed by atoms with E-state index in [1.165, 1.54) is 19.2 Å². The van der Waals surface area contributed by atoms with E-state index in [1.54, 1.807) is 12.1 Å². The molecule has 0 saturated carbocycles. The highest BCUT2D eigenvalue weighted by Crippen LogP contribution is 2.39. The Morgan fingerprint density at radius 3 is 2.10 bits per heavy atom. The molecule has 30 heavy (non-hydrogen) atoms. The van der Waals surface area contributed by atoms with Crippen LogP contribution in [-0.4, -0.2) is 35.1 Å². The largest absolute Gasteiger partial charge is 0.573 e. The zero-order chi connectivity index (χ0) is 22.2. The van der Waals surface area contributed by atoms with Crippen LogP contribution in [0.1, 0.15) is 42.5 Å². The van der Waals surface area contributed by atoms with Crippen molar-refractivity contribution in [1.29, 1.82) is 0 Å². The Bertz CT molecular complexity index is 993. The van der Waals surface area contributed by atoms with Crippen LogP contribution in [0.15, 0.2) is 54.1 Å². The zero-order valence-electron chi connectivity index (χ0n) is 16.5. The van der Waals surface area contributed by atoms with Crippen molar-refractivity contribution in [2.24, 2.45) is 0 Å².